The van der Waals surface area contributed by atoms with Crippen LogP contribution in [-0.4, -0.2) is 0 Å². The maximum atomic E-state index is 3.59. The Morgan fingerprint density at radius 2 is 1.50 bits per heavy atom. The summed E-state index contributed by atoms with van der Waals surface area (Å²) in [5.41, 5.74) is 4.17. The Morgan fingerprint density at radius 1 is 0.900 bits per heavy atom. The van der Waals surface area contributed by atoms with Crippen LogP contribution in [0.4, 0.5) is 0 Å². The lowest BCUT2D eigenvalue weighted by atomic mass is 9.98. The summed E-state index contributed by atoms with van der Waals surface area (Å²) in [6, 6.07) is 19.3. The molecule has 0 heterocycles. The largest absolute Gasteiger partial charge is 0.303 e. The molecule has 0 saturated heterocycles. The zero-order chi connectivity index (χ0) is 14.4. The first-order valence-electron chi connectivity index (χ1n) is 7.27. The highest BCUT2D eigenvalue weighted by molar-refractivity contribution is 7.17. The second-order valence-corrected chi connectivity index (χ2v) is 6.30. The Labute approximate surface area is 125 Å². The normalized spacial score (nSPS) is 12.6. The van der Waals surface area contributed by atoms with Crippen molar-refractivity contribution >= 4 is 9.24 Å². The Morgan fingerprint density at radius 3 is 2.15 bits per heavy atom. The minimum Gasteiger partial charge on any atom is -0.303 e. The number of rotatable bonds is 6. The molecule has 2 aromatic rings. The van der Waals surface area contributed by atoms with Gasteiger partial charge in [-0.1, -0.05) is 68.4 Å². The van der Waals surface area contributed by atoms with Crippen molar-refractivity contribution in [2.45, 2.75) is 32.6 Å². The quantitative estimate of drug-likeness (QED) is 0.768. The van der Waals surface area contributed by atoms with Crippen molar-refractivity contribution in [3.05, 3.63) is 71.3 Å². The van der Waals surface area contributed by atoms with Crippen LogP contribution in [0.3, 0.4) is 0 Å². The maximum Gasteiger partial charge on any atom is 0.0466 e. The average molecular weight is 285 g/mol. The molecule has 1 nitrogen and oxygen atoms in total. The van der Waals surface area contributed by atoms with E-state index in [1.54, 1.807) is 0 Å². The van der Waals surface area contributed by atoms with Crippen molar-refractivity contribution in [1.29, 1.82) is 0 Å². The average Bonchev–Trinajstić information content (AvgIpc) is 2.46. The SMILES string of the molecule is CC(C)Cc1ccccc1CNC(P)c1ccccc1. The Kier molecular flexibility index (Phi) is 5.76. The summed E-state index contributed by atoms with van der Waals surface area (Å²) in [6.07, 6.45) is 1.14. The van der Waals surface area contributed by atoms with Crippen LogP contribution in [0.1, 0.15) is 36.3 Å². The first-order valence-corrected chi connectivity index (χ1v) is 7.94. The van der Waals surface area contributed by atoms with Crippen LogP contribution in [0, 0.1) is 5.92 Å². The van der Waals surface area contributed by atoms with E-state index in [1.807, 2.05) is 0 Å². The summed E-state index contributed by atoms with van der Waals surface area (Å²) < 4.78 is 0. The van der Waals surface area contributed by atoms with Gasteiger partial charge in [-0.3, -0.25) is 0 Å². The van der Waals surface area contributed by atoms with Gasteiger partial charge in [0.25, 0.3) is 0 Å². The molecule has 1 N–H and O–H groups in total. The van der Waals surface area contributed by atoms with Gasteiger partial charge in [0.15, 0.2) is 0 Å². The lowest BCUT2D eigenvalue weighted by Gasteiger charge is -2.17. The summed E-state index contributed by atoms with van der Waals surface area (Å²) in [5, 5.41) is 3.59. The fourth-order valence-electron chi connectivity index (χ4n) is 2.37. The molecule has 2 atom stereocenters. The number of nitrogens with one attached hydrogen (secondary N) is 1. The topological polar surface area (TPSA) is 12.0 Å². The molecule has 0 aliphatic rings. The van der Waals surface area contributed by atoms with Gasteiger partial charge in [-0.15, -0.1) is 9.24 Å². The van der Waals surface area contributed by atoms with E-state index in [0.29, 0.717) is 11.7 Å². The van der Waals surface area contributed by atoms with E-state index < -0.39 is 0 Å². The number of hydrogen-bond donors (Lipinski definition) is 1. The molecule has 2 heteroatoms. The van der Waals surface area contributed by atoms with Crippen molar-refractivity contribution in [2.75, 3.05) is 0 Å². The molecule has 0 amide bonds. The molecule has 0 radical (unpaired) electrons. The fourth-order valence-corrected chi connectivity index (χ4v) is 2.71. The van der Waals surface area contributed by atoms with E-state index in [2.05, 4.69) is 83.0 Å². The van der Waals surface area contributed by atoms with E-state index in [0.717, 1.165) is 13.0 Å². The van der Waals surface area contributed by atoms with Crippen molar-refractivity contribution in [2.24, 2.45) is 5.92 Å². The maximum absolute atomic E-state index is 3.59. The van der Waals surface area contributed by atoms with Gasteiger partial charge in [0.2, 0.25) is 0 Å². The highest BCUT2D eigenvalue weighted by atomic mass is 31.0. The lowest BCUT2D eigenvalue weighted by molar-refractivity contribution is 0.627. The molecule has 0 saturated carbocycles. The Balaban J connectivity index is 2.00. The monoisotopic (exact) mass is 285 g/mol. The fraction of sp³-hybridized carbons (Fsp3) is 0.333. The van der Waals surface area contributed by atoms with Gasteiger partial charge in [-0.05, 0) is 29.0 Å². The van der Waals surface area contributed by atoms with E-state index in [4.69, 9.17) is 0 Å². The van der Waals surface area contributed by atoms with E-state index >= 15 is 0 Å². The van der Waals surface area contributed by atoms with Crippen LogP contribution in [-0.2, 0) is 13.0 Å². The molecule has 20 heavy (non-hydrogen) atoms. The minimum atomic E-state index is 0.295. The van der Waals surface area contributed by atoms with Gasteiger partial charge < -0.3 is 5.32 Å². The van der Waals surface area contributed by atoms with Crippen molar-refractivity contribution in [3.8, 4) is 0 Å². The molecule has 2 aromatic carbocycles. The molecule has 0 aliphatic carbocycles. The van der Waals surface area contributed by atoms with Crippen LogP contribution >= 0.6 is 9.24 Å². The molecular weight excluding hydrogens is 261 g/mol. The summed E-state index contributed by atoms with van der Waals surface area (Å²) >= 11 is 0. The molecular formula is C18H24NP. The highest BCUT2D eigenvalue weighted by Crippen LogP contribution is 2.21. The van der Waals surface area contributed by atoms with Crippen LogP contribution in [0.2, 0.25) is 0 Å². The summed E-state index contributed by atoms with van der Waals surface area (Å²) in [7, 11) is 2.88. The second kappa shape index (κ2) is 7.57. The van der Waals surface area contributed by atoms with Crippen LogP contribution < -0.4 is 5.32 Å². The van der Waals surface area contributed by atoms with Crippen molar-refractivity contribution in [3.63, 3.8) is 0 Å². The van der Waals surface area contributed by atoms with Crippen LogP contribution in [0.25, 0.3) is 0 Å². The van der Waals surface area contributed by atoms with E-state index in [9.17, 15) is 0 Å². The molecule has 0 aromatic heterocycles. The predicted octanol–water partition coefficient (Wildman–Crippen LogP) is 4.55. The predicted molar refractivity (Wildman–Crippen MR) is 90.7 cm³/mol. The van der Waals surface area contributed by atoms with Gasteiger partial charge in [0.05, 0.1) is 0 Å². The summed E-state index contributed by atoms with van der Waals surface area (Å²) in [4.78, 5) is 0. The molecule has 0 bridgehead atoms. The summed E-state index contributed by atoms with van der Waals surface area (Å²) in [5.74, 6) is 0.986. The third-order valence-corrected chi connectivity index (χ3v) is 4.04. The van der Waals surface area contributed by atoms with E-state index in [1.165, 1.54) is 16.7 Å². The van der Waals surface area contributed by atoms with Crippen molar-refractivity contribution < 1.29 is 0 Å². The standard InChI is InChI=1S/C18H24NP/c1-14(2)12-16-10-6-7-11-17(16)13-19-18(20)15-8-4-3-5-9-15/h3-11,14,18-19H,12-13,20H2,1-2H3. The highest BCUT2D eigenvalue weighted by Gasteiger charge is 2.07. The zero-order valence-electron chi connectivity index (χ0n) is 12.3. The number of benzene rings is 2. The minimum absolute atomic E-state index is 0.295. The Bertz CT molecular complexity index is 522. The van der Waals surface area contributed by atoms with Crippen LogP contribution in [0.5, 0.6) is 0 Å². The third-order valence-electron chi connectivity index (χ3n) is 3.42. The van der Waals surface area contributed by atoms with Gasteiger partial charge in [-0.25, -0.2) is 0 Å². The van der Waals surface area contributed by atoms with Crippen molar-refractivity contribution in [1.82, 2.24) is 5.32 Å². The molecule has 0 fully saturated rings. The van der Waals surface area contributed by atoms with E-state index in [-0.39, 0.29) is 0 Å². The second-order valence-electron chi connectivity index (χ2n) is 5.64. The molecule has 0 aliphatic heterocycles. The number of hydrogen-bond acceptors (Lipinski definition) is 1. The zero-order valence-corrected chi connectivity index (χ0v) is 13.5. The van der Waals surface area contributed by atoms with Gasteiger partial charge in [-0.2, -0.15) is 0 Å². The first kappa shape index (κ1) is 15.2. The molecule has 0 spiro atoms. The third kappa shape index (κ3) is 4.44. The molecule has 2 rings (SSSR count). The van der Waals surface area contributed by atoms with Gasteiger partial charge in [0, 0.05) is 12.3 Å². The lowest BCUT2D eigenvalue weighted by Crippen LogP contribution is -2.17. The Hall–Kier alpha value is -1.17. The first-order chi connectivity index (χ1) is 9.66. The smallest absolute Gasteiger partial charge is 0.0466 e. The molecule has 106 valence electrons. The molecule has 2 unspecified atom stereocenters. The van der Waals surface area contributed by atoms with Gasteiger partial charge in [0.1, 0.15) is 0 Å². The summed E-state index contributed by atoms with van der Waals surface area (Å²) in [6.45, 7) is 5.45. The van der Waals surface area contributed by atoms with Gasteiger partial charge >= 0.3 is 0 Å². The van der Waals surface area contributed by atoms with Crippen LogP contribution in [0.15, 0.2) is 54.6 Å².